The van der Waals surface area contributed by atoms with Crippen molar-refractivity contribution < 1.29 is 9.32 Å². The maximum absolute atomic E-state index is 12.0. The van der Waals surface area contributed by atoms with Crippen LogP contribution in [-0.2, 0) is 0 Å². The lowest BCUT2D eigenvalue weighted by molar-refractivity contribution is 0.101. The Hall–Kier alpha value is -3.16. The van der Waals surface area contributed by atoms with Crippen LogP contribution in [0.15, 0.2) is 45.7 Å². The first kappa shape index (κ1) is 12.9. The number of carbonyl (C=O) groups is 1. The number of hydrogen-bond acceptors (Lipinski definition) is 5. The molecule has 1 aromatic carbocycles. The molecule has 2 aromatic heterocycles. The summed E-state index contributed by atoms with van der Waals surface area (Å²) < 4.78 is 5.95. The predicted octanol–water partition coefficient (Wildman–Crippen LogP) is 1.11. The van der Waals surface area contributed by atoms with Crippen LogP contribution in [0.5, 0.6) is 0 Å². The molecule has 0 aliphatic heterocycles. The summed E-state index contributed by atoms with van der Waals surface area (Å²) in [6.45, 7) is 1.70. The fourth-order valence-corrected chi connectivity index (χ4v) is 1.77. The molecule has 21 heavy (non-hydrogen) atoms. The normalized spacial score (nSPS) is 10.5. The number of nitrogens with one attached hydrogen (secondary N) is 2. The van der Waals surface area contributed by atoms with Crippen molar-refractivity contribution in [2.45, 2.75) is 6.92 Å². The number of H-pyrrole nitrogens is 1. The van der Waals surface area contributed by atoms with E-state index in [0.717, 1.165) is 4.68 Å². The molecule has 0 fully saturated rings. The third kappa shape index (κ3) is 2.59. The van der Waals surface area contributed by atoms with Crippen molar-refractivity contribution in [1.82, 2.24) is 19.9 Å². The van der Waals surface area contributed by atoms with E-state index in [1.165, 1.54) is 0 Å². The summed E-state index contributed by atoms with van der Waals surface area (Å²) >= 11 is 0. The molecule has 2 heterocycles. The van der Waals surface area contributed by atoms with Crippen LogP contribution >= 0.6 is 0 Å². The van der Waals surface area contributed by atoms with Crippen molar-refractivity contribution >= 4 is 11.7 Å². The number of anilines is 1. The molecule has 106 valence electrons. The van der Waals surface area contributed by atoms with Gasteiger partial charge in [0, 0.05) is 6.07 Å². The SMILES string of the molecule is Cc1cc(NC(=O)c2nn(-c3ccccc3)c(=O)[nH]2)no1. The molecule has 0 unspecified atom stereocenters. The molecule has 0 aliphatic rings. The zero-order chi connectivity index (χ0) is 14.8. The zero-order valence-corrected chi connectivity index (χ0v) is 11.0. The fourth-order valence-electron chi connectivity index (χ4n) is 1.77. The Labute approximate surface area is 118 Å². The van der Waals surface area contributed by atoms with E-state index in [1.807, 2.05) is 6.07 Å². The van der Waals surface area contributed by atoms with Gasteiger partial charge < -0.3 is 9.84 Å². The number of para-hydroxylation sites is 1. The summed E-state index contributed by atoms with van der Waals surface area (Å²) in [4.78, 5) is 26.2. The van der Waals surface area contributed by atoms with E-state index in [1.54, 1.807) is 37.3 Å². The monoisotopic (exact) mass is 285 g/mol. The Morgan fingerprint density at radius 3 is 2.76 bits per heavy atom. The molecule has 1 amide bonds. The van der Waals surface area contributed by atoms with E-state index in [9.17, 15) is 9.59 Å². The maximum Gasteiger partial charge on any atom is 0.348 e. The maximum atomic E-state index is 12.0. The van der Waals surface area contributed by atoms with Crippen LogP contribution < -0.4 is 11.0 Å². The van der Waals surface area contributed by atoms with Gasteiger partial charge in [0.2, 0.25) is 5.82 Å². The Morgan fingerprint density at radius 2 is 2.10 bits per heavy atom. The van der Waals surface area contributed by atoms with Gasteiger partial charge in [0.05, 0.1) is 5.69 Å². The lowest BCUT2D eigenvalue weighted by atomic mass is 10.3. The first-order valence-corrected chi connectivity index (χ1v) is 6.13. The highest BCUT2D eigenvalue weighted by molar-refractivity contribution is 6.00. The Bertz CT molecular complexity index is 831. The fraction of sp³-hybridized carbons (Fsp3) is 0.0769. The van der Waals surface area contributed by atoms with E-state index in [0.29, 0.717) is 11.4 Å². The molecule has 0 spiro atoms. The van der Waals surface area contributed by atoms with E-state index in [4.69, 9.17) is 4.52 Å². The van der Waals surface area contributed by atoms with Gasteiger partial charge in [-0.05, 0) is 19.1 Å². The molecule has 0 aliphatic carbocycles. The van der Waals surface area contributed by atoms with Crippen LogP contribution in [0.2, 0.25) is 0 Å². The van der Waals surface area contributed by atoms with Crippen molar-refractivity contribution in [2.24, 2.45) is 0 Å². The topological polar surface area (TPSA) is 106 Å². The first-order valence-electron chi connectivity index (χ1n) is 6.13. The van der Waals surface area contributed by atoms with E-state index >= 15 is 0 Å². The lowest BCUT2D eigenvalue weighted by Crippen LogP contribution is -2.15. The second-order valence-electron chi connectivity index (χ2n) is 4.30. The number of benzene rings is 1. The van der Waals surface area contributed by atoms with E-state index < -0.39 is 11.6 Å². The van der Waals surface area contributed by atoms with Gasteiger partial charge in [-0.1, -0.05) is 23.4 Å². The summed E-state index contributed by atoms with van der Waals surface area (Å²) in [6.07, 6.45) is 0. The highest BCUT2D eigenvalue weighted by Crippen LogP contribution is 2.08. The molecule has 2 N–H and O–H groups in total. The van der Waals surface area contributed by atoms with Crippen molar-refractivity contribution in [3.63, 3.8) is 0 Å². The minimum absolute atomic E-state index is 0.107. The van der Waals surface area contributed by atoms with Crippen molar-refractivity contribution in [1.29, 1.82) is 0 Å². The largest absolute Gasteiger partial charge is 0.360 e. The molecule has 3 rings (SSSR count). The van der Waals surface area contributed by atoms with Gasteiger partial charge in [0.1, 0.15) is 5.76 Å². The van der Waals surface area contributed by atoms with Crippen molar-refractivity contribution in [3.05, 3.63) is 58.5 Å². The highest BCUT2D eigenvalue weighted by atomic mass is 16.5. The van der Waals surface area contributed by atoms with Gasteiger partial charge in [0.15, 0.2) is 5.82 Å². The second-order valence-corrected chi connectivity index (χ2v) is 4.30. The first-order chi connectivity index (χ1) is 10.1. The molecule has 3 aromatic rings. The van der Waals surface area contributed by atoms with Gasteiger partial charge in [0.25, 0.3) is 5.91 Å². The molecule has 0 bridgehead atoms. The lowest BCUT2D eigenvalue weighted by Gasteiger charge is -1.98. The summed E-state index contributed by atoms with van der Waals surface area (Å²) in [6, 6.07) is 10.4. The van der Waals surface area contributed by atoms with Crippen molar-refractivity contribution in [3.8, 4) is 5.69 Å². The molecule has 8 nitrogen and oxygen atoms in total. The number of aromatic amines is 1. The predicted molar refractivity (Wildman–Crippen MR) is 73.4 cm³/mol. The average molecular weight is 285 g/mol. The molecular formula is C13H11N5O3. The van der Waals surface area contributed by atoms with Gasteiger partial charge in [-0.25, -0.2) is 4.79 Å². The zero-order valence-electron chi connectivity index (χ0n) is 11.0. The molecule has 0 radical (unpaired) electrons. The molecule has 0 saturated carbocycles. The number of amides is 1. The quantitative estimate of drug-likeness (QED) is 0.749. The number of rotatable bonds is 3. The Morgan fingerprint density at radius 1 is 1.33 bits per heavy atom. The molecular weight excluding hydrogens is 274 g/mol. The summed E-state index contributed by atoms with van der Waals surface area (Å²) in [7, 11) is 0. The van der Waals surface area contributed by atoms with Gasteiger partial charge in [-0.2, -0.15) is 4.68 Å². The second kappa shape index (κ2) is 5.08. The smallest absolute Gasteiger partial charge is 0.348 e. The average Bonchev–Trinajstić information content (AvgIpc) is 3.06. The van der Waals surface area contributed by atoms with Gasteiger partial charge in [-0.3, -0.25) is 9.78 Å². The number of hydrogen-bond donors (Lipinski definition) is 2. The molecule has 0 saturated heterocycles. The Kier molecular flexibility index (Phi) is 3.11. The summed E-state index contributed by atoms with van der Waals surface area (Å²) in [5.41, 5.74) is 0.0674. The molecule has 0 atom stereocenters. The van der Waals surface area contributed by atoms with Crippen LogP contribution in [0.4, 0.5) is 5.82 Å². The van der Waals surface area contributed by atoms with Crippen LogP contribution in [-0.4, -0.2) is 25.8 Å². The van der Waals surface area contributed by atoms with Crippen LogP contribution in [0.1, 0.15) is 16.4 Å². The van der Waals surface area contributed by atoms with Crippen LogP contribution in [0.3, 0.4) is 0 Å². The number of aryl methyl sites for hydroxylation is 1. The highest BCUT2D eigenvalue weighted by Gasteiger charge is 2.15. The number of aromatic nitrogens is 4. The van der Waals surface area contributed by atoms with Gasteiger partial charge in [-0.15, -0.1) is 5.10 Å². The summed E-state index contributed by atoms with van der Waals surface area (Å²) in [5.74, 6) is 0.140. The summed E-state index contributed by atoms with van der Waals surface area (Å²) in [5, 5.41) is 10.1. The van der Waals surface area contributed by atoms with E-state index in [2.05, 4.69) is 20.6 Å². The molecule has 8 heteroatoms. The number of nitrogens with zero attached hydrogens (tertiary/aromatic N) is 3. The third-order valence-corrected chi connectivity index (χ3v) is 2.70. The van der Waals surface area contributed by atoms with Gasteiger partial charge >= 0.3 is 5.69 Å². The van der Waals surface area contributed by atoms with E-state index in [-0.39, 0.29) is 11.6 Å². The van der Waals surface area contributed by atoms with Crippen LogP contribution in [0.25, 0.3) is 5.69 Å². The third-order valence-electron chi connectivity index (χ3n) is 2.70. The van der Waals surface area contributed by atoms with Crippen molar-refractivity contribution in [2.75, 3.05) is 5.32 Å². The number of carbonyl (C=O) groups excluding carboxylic acids is 1. The Balaban J connectivity index is 1.87. The minimum Gasteiger partial charge on any atom is -0.360 e. The standard InChI is InChI=1S/C13H11N5O3/c1-8-7-10(17-21-8)14-12(19)11-15-13(20)18(16-11)9-5-3-2-4-6-9/h2-7H,1H3,(H,14,17,19)(H,15,16,20). The van der Waals surface area contributed by atoms with Crippen LogP contribution in [0, 0.1) is 6.92 Å². The minimum atomic E-state index is -0.574.